The van der Waals surface area contributed by atoms with Gasteiger partial charge in [-0.15, -0.1) is 0 Å². The molecule has 1 amide bonds. The maximum Gasteiger partial charge on any atom is 0.251 e. The van der Waals surface area contributed by atoms with E-state index >= 15 is 0 Å². The fourth-order valence-corrected chi connectivity index (χ4v) is 1.35. The van der Waals surface area contributed by atoms with E-state index in [0.717, 1.165) is 0 Å². The van der Waals surface area contributed by atoms with Gasteiger partial charge < -0.3 is 10.2 Å². The zero-order chi connectivity index (χ0) is 12.2. The third kappa shape index (κ3) is 3.81. The number of halogens is 1. The van der Waals surface area contributed by atoms with E-state index in [0.29, 0.717) is 10.6 Å². The van der Waals surface area contributed by atoms with Crippen LogP contribution in [0.2, 0.25) is 5.02 Å². The molecule has 0 bridgehead atoms. The van der Waals surface area contributed by atoms with E-state index < -0.39 is 5.54 Å². The van der Waals surface area contributed by atoms with Crippen molar-refractivity contribution in [1.29, 1.82) is 0 Å². The van der Waals surface area contributed by atoms with Crippen molar-refractivity contribution in [2.75, 3.05) is 6.61 Å². The first kappa shape index (κ1) is 13.0. The summed E-state index contributed by atoms with van der Waals surface area (Å²) < 4.78 is 0. The summed E-state index contributed by atoms with van der Waals surface area (Å²) in [6.07, 6.45) is 0. The molecule has 0 aromatic heterocycles. The summed E-state index contributed by atoms with van der Waals surface area (Å²) in [6, 6.07) is 6.67. The van der Waals surface area contributed by atoms with Crippen LogP contribution < -0.4 is 11.2 Å². The van der Waals surface area contributed by atoms with E-state index in [2.05, 4.69) is 10.2 Å². The van der Waals surface area contributed by atoms with Crippen molar-refractivity contribution in [3.63, 3.8) is 0 Å². The standard InChI is InChI=1S/C11H15ClN2O2/c1-11(2,7-16-13)14-10(15)8-3-5-9(12)6-4-8/h3-6H,7,13H2,1-2H3,(H,14,15). The minimum atomic E-state index is -0.508. The van der Waals surface area contributed by atoms with Gasteiger partial charge in [0.05, 0.1) is 12.1 Å². The minimum absolute atomic E-state index is 0.182. The third-order valence-corrected chi connectivity index (χ3v) is 2.25. The molecule has 88 valence electrons. The van der Waals surface area contributed by atoms with Gasteiger partial charge in [-0.2, -0.15) is 0 Å². The van der Waals surface area contributed by atoms with Crippen LogP contribution in [0.15, 0.2) is 24.3 Å². The van der Waals surface area contributed by atoms with E-state index in [9.17, 15) is 4.79 Å². The number of hydrogen-bond donors (Lipinski definition) is 2. The van der Waals surface area contributed by atoms with Crippen LogP contribution in [0, 0.1) is 0 Å². The van der Waals surface area contributed by atoms with Gasteiger partial charge in [0.2, 0.25) is 0 Å². The Hall–Kier alpha value is -1.10. The second kappa shape index (κ2) is 5.30. The largest absolute Gasteiger partial charge is 0.345 e. The summed E-state index contributed by atoms with van der Waals surface area (Å²) in [7, 11) is 0. The molecular weight excluding hydrogens is 228 g/mol. The third-order valence-electron chi connectivity index (χ3n) is 2.00. The molecule has 0 aliphatic heterocycles. The Morgan fingerprint density at radius 3 is 2.50 bits per heavy atom. The quantitative estimate of drug-likeness (QED) is 0.791. The van der Waals surface area contributed by atoms with Gasteiger partial charge in [0.1, 0.15) is 0 Å². The van der Waals surface area contributed by atoms with Crippen LogP contribution in [0.4, 0.5) is 0 Å². The van der Waals surface area contributed by atoms with Gasteiger partial charge in [-0.25, -0.2) is 5.90 Å². The lowest BCUT2D eigenvalue weighted by molar-refractivity contribution is 0.0687. The van der Waals surface area contributed by atoms with Gasteiger partial charge in [-0.05, 0) is 38.1 Å². The van der Waals surface area contributed by atoms with Crippen molar-refractivity contribution in [3.05, 3.63) is 34.9 Å². The normalized spacial score (nSPS) is 11.2. The molecule has 1 aromatic rings. The van der Waals surface area contributed by atoms with Crippen LogP contribution in [0.25, 0.3) is 0 Å². The Morgan fingerprint density at radius 2 is 2.00 bits per heavy atom. The van der Waals surface area contributed by atoms with Crippen LogP contribution in [0.3, 0.4) is 0 Å². The summed E-state index contributed by atoms with van der Waals surface area (Å²) >= 11 is 5.73. The fourth-order valence-electron chi connectivity index (χ4n) is 1.23. The van der Waals surface area contributed by atoms with E-state index in [4.69, 9.17) is 17.5 Å². The van der Waals surface area contributed by atoms with Gasteiger partial charge in [0.25, 0.3) is 5.91 Å². The second-order valence-corrected chi connectivity index (χ2v) is 4.59. The molecule has 0 spiro atoms. The van der Waals surface area contributed by atoms with E-state index in [1.54, 1.807) is 24.3 Å². The van der Waals surface area contributed by atoms with Crippen molar-refractivity contribution in [3.8, 4) is 0 Å². The molecular formula is C11H15ClN2O2. The molecule has 1 aromatic carbocycles. The smallest absolute Gasteiger partial charge is 0.251 e. The van der Waals surface area contributed by atoms with Crippen LogP contribution >= 0.6 is 11.6 Å². The van der Waals surface area contributed by atoms with Gasteiger partial charge in [-0.3, -0.25) is 4.79 Å². The SMILES string of the molecule is CC(C)(CON)NC(=O)c1ccc(Cl)cc1. The number of rotatable bonds is 4. The lowest BCUT2D eigenvalue weighted by Crippen LogP contribution is -2.47. The van der Waals surface area contributed by atoms with Crippen LogP contribution in [-0.2, 0) is 4.84 Å². The number of nitrogens with two attached hydrogens (primary N) is 1. The lowest BCUT2D eigenvalue weighted by atomic mass is 10.1. The second-order valence-electron chi connectivity index (χ2n) is 4.16. The highest BCUT2D eigenvalue weighted by Crippen LogP contribution is 2.11. The molecule has 0 saturated carbocycles. The molecule has 0 fully saturated rings. The number of nitrogens with one attached hydrogen (secondary N) is 1. The molecule has 16 heavy (non-hydrogen) atoms. The van der Waals surface area contributed by atoms with Crippen LogP contribution in [0.5, 0.6) is 0 Å². The topological polar surface area (TPSA) is 64.3 Å². The molecule has 0 saturated heterocycles. The van der Waals surface area contributed by atoms with Gasteiger partial charge in [0.15, 0.2) is 0 Å². The van der Waals surface area contributed by atoms with Crippen molar-refractivity contribution in [2.24, 2.45) is 5.90 Å². The molecule has 4 nitrogen and oxygen atoms in total. The first-order valence-corrected chi connectivity index (χ1v) is 5.22. The maximum atomic E-state index is 11.8. The van der Waals surface area contributed by atoms with Gasteiger partial charge in [0, 0.05) is 10.6 Å². The molecule has 0 unspecified atom stereocenters. The minimum Gasteiger partial charge on any atom is -0.345 e. The molecule has 3 N–H and O–H groups in total. The molecule has 5 heteroatoms. The average Bonchev–Trinajstić information content (AvgIpc) is 2.17. The molecule has 1 rings (SSSR count). The average molecular weight is 243 g/mol. The summed E-state index contributed by atoms with van der Waals surface area (Å²) in [4.78, 5) is 16.3. The lowest BCUT2D eigenvalue weighted by Gasteiger charge is -2.24. The van der Waals surface area contributed by atoms with Crippen LogP contribution in [-0.4, -0.2) is 18.1 Å². The highest BCUT2D eigenvalue weighted by molar-refractivity contribution is 6.30. The van der Waals surface area contributed by atoms with Crippen LogP contribution in [0.1, 0.15) is 24.2 Å². The van der Waals surface area contributed by atoms with Crippen molar-refractivity contribution in [1.82, 2.24) is 5.32 Å². The highest BCUT2D eigenvalue weighted by atomic mass is 35.5. The molecule has 0 heterocycles. The number of carbonyl (C=O) groups is 1. The molecule has 0 radical (unpaired) electrons. The van der Waals surface area contributed by atoms with Gasteiger partial charge >= 0.3 is 0 Å². The van der Waals surface area contributed by atoms with E-state index in [1.165, 1.54) is 0 Å². The Labute approximate surface area is 99.7 Å². The molecule has 0 aliphatic rings. The highest BCUT2D eigenvalue weighted by Gasteiger charge is 2.21. The fraction of sp³-hybridized carbons (Fsp3) is 0.364. The predicted molar refractivity (Wildman–Crippen MR) is 63.1 cm³/mol. The number of hydrogen-bond acceptors (Lipinski definition) is 3. The Bertz CT molecular complexity index is 363. The van der Waals surface area contributed by atoms with Crippen molar-refractivity contribution < 1.29 is 9.63 Å². The summed E-state index contributed by atoms with van der Waals surface area (Å²) in [5.74, 6) is 4.80. The first-order valence-electron chi connectivity index (χ1n) is 4.84. The maximum absolute atomic E-state index is 11.8. The predicted octanol–water partition coefficient (Wildman–Crippen LogP) is 1.74. The number of benzene rings is 1. The van der Waals surface area contributed by atoms with Crippen molar-refractivity contribution in [2.45, 2.75) is 19.4 Å². The van der Waals surface area contributed by atoms with Crippen molar-refractivity contribution >= 4 is 17.5 Å². The Morgan fingerprint density at radius 1 is 1.44 bits per heavy atom. The monoisotopic (exact) mass is 242 g/mol. The summed E-state index contributed by atoms with van der Waals surface area (Å²) in [6.45, 7) is 3.90. The van der Waals surface area contributed by atoms with E-state index in [1.807, 2.05) is 13.8 Å². The summed E-state index contributed by atoms with van der Waals surface area (Å²) in [5.41, 5.74) is 0.0420. The molecule has 0 aliphatic carbocycles. The number of carbonyl (C=O) groups excluding carboxylic acids is 1. The molecule has 0 atom stereocenters. The Kier molecular flexibility index (Phi) is 4.29. The first-order chi connectivity index (χ1) is 7.44. The number of amides is 1. The zero-order valence-corrected chi connectivity index (χ0v) is 10.0. The van der Waals surface area contributed by atoms with E-state index in [-0.39, 0.29) is 12.5 Å². The summed E-state index contributed by atoms with van der Waals surface area (Å²) in [5, 5.41) is 3.40. The Balaban J connectivity index is 2.69. The van der Waals surface area contributed by atoms with Gasteiger partial charge in [-0.1, -0.05) is 11.6 Å². The zero-order valence-electron chi connectivity index (χ0n) is 9.29.